The number of nitrogens with two attached hydrogens (primary N) is 2. The molecule has 0 unspecified atom stereocenters. The number of carbonyl (C=O) groups is 2. The van der Waals surface area contributed by atoms with Crippen LogP contribution in [-0.2, 0) is 4.74 Å². The van der Waals surface area contributed by atoms with Crippen LogP contribution in [0.5, 0.6) is 0 Å². The molecule has 21 heavy (non-hydrogen) atoms. The normalized spacial score (nSPS) is 9.19. The highest BCUT2D eigenvalue weighted by Crippen LogP contribution is 2.07. The highest BCUT2D eigenvalue weighted by Gasteiger charge is 2.08. The lowest BCUT2D eigenvalue weighted by Crippen LogP contribution is -2.06. The van der Waals surface area contributed by atoms with Crippen LogP contribution >= 0.6 is 0 Å². The van der Waals surface area contributed by atoms with E-state index in [0.717, 1.165) is 0 Å². The van der Waals surface area contributed by atoms with E-state index in [9.17, 15) is 9.59 Å². The molecule has 0 saturated carbocycles. The molecule has 0 aliphatic heterocycles. The van der Waals surface area contributed by atoms with E-state index in [1.165, 1.54) is 31.6 Å². The fourth-order valence-electron chi connectivity index (χ4n) is 1.30. The lowest BCUT2D eigenvalue weighted by Gasteiger charge is -1.99. The van der Waals surface area contributed by atoms with Gasteiger partial charge in [0.25, 0.3) is 0 Å². The van der Waals surface area contributed by atoms with E-state index >= 15 is 0 Å². The van der Waals surface area contributed by atoms with E-state index in [4.69, 9.17) is 16.6 Å². The highest BCUT2D eigenvalue weighted by atomic mass is 16.5. The summed E-state index contributed by atoms with van der Waals surface area (Å²) in [6.07, 6.45) is 2.96. The molecule has 0 aromatic carbocycles. The monoisotopic (exact) mass is 290 g/mol. The predicted molar refractivity (Wildman–Crippen MR) is 75.6 cm³/mol. The zero-order valence-corrected chi connectivity index (χ0v) is 11.2. The average Bonchev–Trinajstić information content (AvgIpc) is 2.48. The Labute approximate surface area is 120 Å². The number of rotatable bonds is 2. The summed E-state index contributed by atoms with van der Waals surface area (Å²) in [4.78, 5) is 28.5. The fraction of sp³-hybridized carbons (Fsp3) is 0.0769. The van der Waals surface area contributed by atoms with Gasteiger partial charge in [-0.1, -0.05) is 0 Å². The Hall–Kier alpha value is -3.16. The molecule has 0 aliphatic carbocycles. The summed E-state index contributed by atoms with van der Waals surface area (Å²) in [7, 11) is 1.30. The zero-order chi connectivity index (χ0) is 15.8. The predicted octanol–water partition coefficient (Wildman–Crippen LogP) is 0.812. The van der Waals surface area contributed by atoms with Crippen LogP contribution in [0.1, 0.15) is 20.7 Å². The minimum absolute atomic E-state index is 0.0440. The summed E-state index contributed by atoms with van der Waals surface area (Å²) >= 11 is 0. The molecule has 0 spiro atoms. The molecular formula is C13H14N4O4. The molecule has 2 heterocycles. The van der Waals surface area contributed by atoms with Crippen molar-refractivity contribution < 1.29 is 19.4 Å². The molecule has 5 N–H and O–H groups in total. The number of pyridine rings is 2. The number of hydrogen-bond donors (Lipinski definition) is 3. The number of carbonyl (C=O) groups excluding carboxylic acids is 1. The van der Waals surface area contributed by atoms with Crippen LogP contribution in [0.4, 0.5) is 11.6 Å². The third-order valence-electron chi connectivity index (χ3n) is 2.31. The van der Waals surface area contributed by atoms with Gasteiger partial charge < -0.3 is 21.3 Å². The van der Waals surface area contributed by atoms with Crippen molar-refractivity contribution in [2.24, 2.45) is 0 Å². The molecule has 110 valence electrons. The van der Waals surface area contributed by atoms with Crippen molar-refractivity contribution in [3.05, 3.63) is 47.8 Å². The van der Waals surface area contributed by atoms with E-state index < -0.39 is 11.9 Å². The van der Waals surface area contributed by atoms with Crippen LogP contribution < -0.4 is 11.5 Å². The van der Waals surface area contributed by atoms with E-state index in [0.29, 0.717) is 5.56 Å². The van der Waals surface area contributed by atoms with Crippen molar-refractivity contribution in [3.8, 4) is 0 Å². The van der Waals surface area contributed by atoms with Gasteiger partial charge in [0, 0.05) is 12.4 Å². The maximum atomic E-state index is 10.9. The van der Waals surface area contributed by atoms with Gasteiger partial charge in [-0.2, -0.15) is 0 Å². The standard InChI is InChI=1S/C7H8N2O2.C6H6N2O2/c1-11-7(10)5-3-2-4-9-6(5)8;7-5-4(6(9)10)2-1-3-8-5/h2-4H,1H3,(H2,8,9);1-3H,(H2,7,8)(H,9,10). The molecule has 2 aromatic rings. The van der Waals surface area contributed by atoms with Crippen LogP contribution in [0, 0.1) is 0 Å². The van der Waals surface area contributed by atoms with Crippen molar-refractivity contribution >= 4 is 23.6 Å². The van der Waals surface area contributed by atoms with Gasteiger partial charge >= 0.3 is 11.9 Å². The van der Waals surface area contributed by atoms with Crippen molar-refractivity contribution in [3.63, 3.8) is 0 Å². The lowest BCUT2D eigenvalue weighted by atomic mass is 10.2. The third-order valence-corrected chi connectivity index (χ3v) is 2.31. The second-order valence-electron chi connectivity index (χ2n) is 3.67. The first-order chi connectivity index (χ1) is 9.97. The molecule has 0 bridgehead atoms. The minimum atomic E-state index is -1.05. The van der Waals surface area contributed by atoms with Gasteiger partial charge in [-0.25, -0.2) is 19.6 Å². The molecule has 0 radical (unpaired) electrons. The van der Waals surface area contributed by atoms with Gasteiger partial charge in [0.1, 0.15) is 22.8 Å². The van der Waals surface area contributed by atoms with Crippen molar-refractivity contribution in [2.75, 3.05) is 18.6 Å². The first kappa shape index (κ1) is 15.9. The zero-order valence-electron chi connectivity index (χ0n) is 11.2. The number of anilines is 2. The van der Waals surface area contributed by atoms with Crippen molar-refractivity contribution in [2.45, 2.75) is 0 Å². The van der Waals surface area contributed by atoms with Gasteiger partial charge in [-0.05, 0) is 24.3 Å². The molecule has 0 fully saturated rings. The van der Waals surface area contributed by atoms with E-state index in [1.54, 1.807) is 12.1 Å². The Bertz CT molecular complexity index is 646. The molecule has 0 aliphatic rings. The first-order valence-electron chi connectivity index (χ1n) is 5.70. The van der Waals surface area contributed by atoms with Crippen molar-refractivity contribution in [1.29, 1.82) is 0 Å². The number of hydrogen-bond acceptors (Lipinski definition) is 7. The molecule has 2 rings (SSSR count). The largest absolute Gasteiger partial charge is 0.478 e. The molecule has 8 nitrogen and oxygen atoms in total. The molecular weight excluding hydrogens is 276 g/mol. The molecule has 0 saturated heterocycles. The summed E-state index contributed by atoms with van der Waals surface area (Å²) in [5, 5.41) is 8.45. The van der Waals surface area contributed by atoms with Crippen LogP contribution in [0.25, 0.3) is 0 Å². The number of carboxylic acid groups (broad SMARTS) is 1. The highest BCUT2D eigenvalue weighted by molar-refractivity contribution is 5.93. The van der Waals surface area contributed by atoms with Gasteiger partial charge in [-0.3, -0.25) is 0 Å². The number of aromatic nitrogens is 2. The summed E-state index contributed by atoms with van der Waals surface area (Å²) in [5.74, 6) is -1.27. The molecule has 2 aromatic heterocycles. The third kappa shape index (κ3) is 4.46. The van der Waals surface area contributed by atoms with E-state index in [-0.39, 0.29) is 17.2 Å². The topological polar surface area (TPSA) is 141 Å². The maximum Gasteiger partial charge on any atom is 0.341 e. The van der Waals surface area contributed by atoms with Crippen LogP contribution in [0.15, 0.2) is 36.7 Å². The van der Waals surface area contributed by atoms with Gasteiger partial charge in [0.15, 0.2) is 0 Å². The van der Waals surface area contributed by atoms with E-state index in [2.05, 4.69) is 14.7 Å². The smallest absolute Gasteiger partial charge is 0.341 e. The number of esters is 1. The molecule has 8 heteroatoms. The van der Waals surface area contributed by atoms with Gasteiger partial charge in [0.2, 0.25) is 0 Å². The number of carboxylic acids is 1. The van der Waals surface area contributed by atoms with Crippen LogP contribution in [0.3, 0.4) is 0 Å². The maximum absolute atomic E-state index is 10.9. The summed E-state index contributed by atoms with van der Waals surface area (Å²) in [6, 6.07) is 6.13. The number of methoxy groups -OCH3 is 1. The first-order valence-corrected chi connectivity index (χ1v) is 5.70. The minimum Gasteiger partial charge on any atom is -0.478 e. The van der Waals surface area contributed by atoms with E-state index in [1.807, 2.05) is 0 Å². The lowest BCUT2D eigenvalue weighted by molar-refractivity contribution is 0.0600. The van der Waals surface area contributed by atoms with Gasteiger partial charge in [-0.15, -0.1) is 0 Å². The van der Waals surface area contributed by atoms with Crippen LogP contribution in [-0.4, -0.2) is 34.1 Å². The Morgan fingerprint density at radius 2 is 1.52 bits per heavy atom. The number of nitrogens with zero attached hydrogens (tertiary/aromatic N) is 2. The Balaban J connectivity index is 0.000000211. The molecule has 0 atom stereocenters. The summed E-state index contributed by atoms with van der Waals surface area (Å²) in [5.41, 5.74) is 11.0. The summed E-state index contributed by atoms with van der Waals surface area (Å²) in [6.45, 7) is 0. The fourth-order valence-corrected chi connectivity index (χ4v) is 1.30. The average molecular weight is 290 g/mol. The van der Waals surface area contributed by atoms with Gasteiger partial charge in [0.05, 0.1) is 7.11 Å². The second-order valence-corrected chi connectivity index (χ2v) is 3.67. The number of aromatic carboxylic acids is 1. The molecule has 0 amide bonds. The second kappa shape index (κ2) is 7.43. The Morgan fingerprint density at radius 3 is 1.86 bits per heavy atom. The Morgan fingerprint density at radius 1 is 1.05 bits per heavy atom. The van der Waals surface area contributed by atoms with Crippen LogP contribution in [0.2, 0.25) is 0 Å². The quantitative estimate of drug-likeness (QED) is 0.690. The summed E-state index contributed by atoms with van der Waals surface area (Å²) < 4.78 is 4.46. The number of nitrogen functional groups attached to an aromatic ring is 2. The SMILES string of the molecule is COC(=O)c1cccnc1N.Nc1ncccc1C(=O)O. The van der Waals surface area contributed by atoms with Crippen molar-refractivity contribution in [1.82, 2.24) is 9.97 Å². The Kier molecular flexibility index (Phi) is 5.63. The number of ether oxygens (including phenoxy) is 1.